The minimum absolute atomic E-state index is 0.182. The van der Waals surface area contributed by atoms with Crippen molar-refractivity contribution >= 4 is 5.91 Å². The fourth-order valence-electron chi connectivity index (χ4n) is 3.82. The van der Waals surface area contributed by atoms with Crippen LogP contribution in [0.4, 0.5) is 0 Å². The Morgan fingerprint density at radius 1 is 1.25 bits per heavy atom. The molecule has 1 amide bonds. The number of aryl methyl sites for hydroxylation is 1. The van der Waals surface area contributed by atoms with Crippen LogP contribution >= 0.6 is 0 Å². The standard InChI is InChI=1S/C18H28N4O2/c1-14-19-10-15(11-20-14)12-21-8-5-17(24-2)16(13-21)9-18(23)22-6-3-4-7-22/h10-11,16-17H,3-9,12-13H2,1-2H3/t16-,17-/m1/s1. The van der Waals surface area contributed by atoms with E-state index in [0.717, 1.165) is 63.4 Å². The van der Waals surface area contributed by atoms with Crippen LogP contribution in [-0.2, 0) is 16.1 Å². The highest BCUT2D eigenvalue weighted by atomic mass is 16.5. The van der Waals surface area contributed by atoms with E-state index in [1.165, 1.54) is 0 Å². The van der Waals surface area contributed by atoms with Gasteiger partial charge in [0.1, 0.15) is 5.82 Å². The van der Waals surface area contributed by atoms with Gasteiger partial charge < -0.3 is 9.64 Å². The molecule has 2 aliphatic rings. The maximum absolute atomic E-state index is 12.5. The number of piperidine rings is 1. The van der Waals surface area contributed by atoms with Gasteiger partial charge in [0.15, 0.2) is 0 Å². The first kappa shape index (κ1) is 17.3. The van der Waals surface area contributed by atoms with Crippen LogP contribution in [0, 0.1) is 12.8 Å². The second-order valence-corrected chi connectivity index (χ2v) is 6.99. The van der Waals surface area contributed by atoms with E-state index in [1.54, 1.807) is 7.11 Å². The summed E-state index contributed by atoms with van der Waals surface area (Å²) < 4.78 is 5.66. The van der Waals surface area contributed by atoms with Gasteiger partial charge in [-0.05, 0) is 26.2 Å². The molecule has 132 valence electrons. The van der Waals surface area contributed by atoms with Gasteiger partial charge in [0.2, 0.25) is 5.91 Å². The Labute approximate surface area is 144 Å². The summed E-state index contributed by atoms with van der Waals surface area (Å²) in [5, 5.41) is 0. The van der Waals surface area contributed by atoms with Gasteiger partial charge >= 0.3 is 0 Å². The molecule has 1 aromatic heterocycles. The van der Waals surface area contributed by atoms with Crippen molar-refractivity contribution in [2.24, 2.45) is 5.92 Å². The molecule has 6 nitrogen and oxygen atoms in total. The number of amides is 1. The minimum atomic E-state index is 0.182. The van der Waals surface area contributed by atoms with Gasteiger partial charge in [-0.2, -0.15) is 0 Å². The molecule has 0 aliphatic carbocycles. The van der Waals surface area contributed by atoms with Crippen LogP contribution in [-0.4, -0.2) is 65.1 Å². The number of aromatic nitrogens is 2. The second-order valence-electron chi connectivity index (χ2n) is 6.99. The highest BCUT2D eigenvalue weighted by molar-refractivity contribution is 5.76. The van der Waals surface area contributed by atoms with Crippen molar-refractivity contribution in [3.8, 4) is 0 Å². The third kappa shape index (κ3) is 4.30. The topological polar surface area (TPSA) is 58.6 Å². The first-order valence-electron chi connectivity index (χ1n) is 8.96. The Kier molecular flexibility index (Phi) is 5.79. The first-order valence-corrected chi connectivity index (χ1v) is 8.96. The predicted molar refractivity (Wildman–Crippen MR) is 91.4 cm³/mol. The normalized spacial score (nSPS) is 25.2. The van der Waals surface area contributed by atoms with E-state index in [9.17, 15) is 4.79 Å². The third-order valence-corrected chi connectivity index (χ3v) is 5.19. The Hall–Kier alpha value is -1.53. The van der Waals surface area contributed by atoms with Gasteiger partial charge in [-0.25, -0.2) is 9.97 Å². The summed E-state index contributed by atoms with van der Waals surface area (Å²) in [4.78, 5) is 25.5. The first-order chi connectivity index (χ1) is 11.7. The van der Waals surface area contributed by atoms with Gasteiger partial charge in [-0.1, -0.05) is 0 Å². The number of rotatable bonds is 5. The van der Waals surface area contributed by atoms with E-state index in [-0.39, 0.29) is 12.0 Å². The van der Waals surface area contributed by atoms with E-state index in [2.05, 4.69) is 14.9 Å². The van der Waals surface area contributed by atoms with E-state index < -0.39 is 0 Å². The Balaban J connectivity index is 1.58. The molecule has 2 saturated heterocycles. The summed E-state index contributed by atoms with van der Waals surface area (Å²) in [6.45, 7) is 6.47. The fraction of sp³-hybridized carbons (Fsp3) is 0.722. The molecule has 0 spiro atoms. The van der Waals surface area contributed by atoms with Crippen molar-refractivity contribution in [2.45, 2.75) is 45.3 Å². The minimum Gasteiger partial charge on any atom is -0.381 e. The monoisotopic (exact) mass is 332 g/mol. The number of carbonyl (C=O) groups is 1. The van der Waals surface area contributed by atoms with Crippen LogP contribution in [0.25, 0.3) is 0 Å². The molecule has 24 heavy (non-hydrogen) atoms. The van der Waals surface area contributed by atoms with Gasteiger partial charge in [-0.15, -0.1) is 0 Å². The zero-order chi connectivity index (χ0) is 16.9. The van der Waals surface area contributed by atoms with Crippen molar-refractivity contribution in [3.63, 3.8) is 0 Å². The Bertz CT molecular complexity index is 542. The van der Waals surface area contributed by atoms with Crippen LogP contribution in [0.1, 0.15) is 37.1 Å². The molecule has 0 radical (unpaired) electrons. The third-order valence-electron chi connectivity index (χ3n) is 5.19. The lowest BCUT2D eigenvalue weighted by Crippen LogP contribution is -2.45. The quantitative estimate of drug-likeness (QED) is 0.820. The van der Waals surface area contributed by atoms with Crippen molar-refractivity contribution < 1.29 is 9.53 Å². The summed E-state index contributed by atoms with van der Waals surface area (Å²) in [6, 6.07) is 0. The molecule has 0 bridgehead atoms. The smallest absolute Gasteiger partial charge is 0.222 e. The lowest BCUT2D eigenvalue weighted by molar-refractivity contribution is -0.133. The van der Waals surface area contributed by atoms with E-state index in [4.69, 9.17) is 4.74 Å². The number of hydrogen-bond acceptors (Lipinski definition) is 5. The summed E-state index contributed by atoms with van der Waals surface area (Å²) in [5.41, 5.74) is 1.13. The number of methoxy groups -OCH3 is 1. The van der Waals surface area contributed by atoms with E-state index in [1.807, 2.05) is 24.2 Å². The van der Waals surface area contributed by atoms with Crippen LogP contribution < -0.4 is 0 Å². The largest absolute Gasteiger partial charge is 0.381 e. The number of carbonyl (C=O) groups excluding carboxylic acids is 1. The van der Waals surface area contributed by atoms with Crippen molar-refractivity contribution in [2.75, 3.05) is 33.3 Å². The Morgan fingerprint density at radius 2 is 1.96 bits per heavy atom. The molecule has 6 heteroatoms. The van der Waals surface area contributed by atoms with E-state index in [0.29, 0.717) is 12.3 Å². The number of nitrogens with zero attached hydrogens (tertiary/aromatic N) is 4. The highest BCUT2D eigenvalue weighted by Crippen LogP contribution is 2.25. The number of likely N-dealkylation sites (tertiary alicyclic amines) is 2. The molecule has 2 aliphatic heterocycles. The lowest BCUT2D eigenvalue weighted by atomic mass is 9.90. The zero-order valence-electron chi connectivity index (χ0n) is 14.8. The molecule has 2 fully saturated rings. The van der Waals surface area contributed by atoms with Crippen LogP contribution in [0.15, 0.2) is 12.4 Å². The molecular weight excluding hydrogens is 304 g/mol. The van der Waals surface area contributed by atoms with Crippen molar-refractivity contribution in [3.05, 3.63) is 23.8 Å². The maximum atomic E-state index is 12.5. The molecule has 1 aromatic rings. The number of ether oxygens (including phenoxy) is 1. The van der Waals surface area contributed by atoms with Gasteiger partial charge in [-0.3, -0.25) is 9.69 Å². The highest BCUT2D eigenvalue weighted by Gasteiger charge is 2.32. The van der Waals surface area contributed by atoms with Crippen molar-refractivity contribution in [1.29, 1.82) is 0 Å². The van der Waals surface area contributed by atoms with Crippen LogP contribution in [0.3, 0.4) is 0 Å². The molecule has 0 aromatic carbocycles. The maximum Gasteiger partial charge on any atom is 0.222 e. The summed E-state index contributed by atoms with van der Waals surface area (Å²) in [7, 11) is 1.77. The molecule has 3 rings (SSSR count). The molecule has 2 atom stereocenters. The molecular formula is C18H28N4O2. The summed E-state index contributed by atoms with van der Waals surface area (Å²) in [5.74, 6) is 1.36. The molecule has 0 unspecified atom stereocenters. The van der Waals surface area contributed by atoms with Crippen LogP contribution in [0.2, 0.25) is 0 Å². The lowest BCUT2D eigenvalue weighted by Gasteiger charge is -2.38. The second kappa shape index (κ2) is 8.03. The summed E-state index contributed by atoms with van der Waals surface area (Å²) >= 11 is 0. The van der Waals surface area contributed by atoms with E-state index >= 15 is 0 Å². The number of hydrogen-bond donors (Lipinski definition) is 0. The molecule has 0 saturated carbocycles. The average molecular weight is 332 g/mol. The predicted octanol–water partition coefficient (Wildman–Crippen LogP) is 1.63. The Morgan fingerprint density at radius 3 is 2.62 bits per heavy atom. The average Bonchev–Trinajstić information content (AvgIpc) is 3.12. The van der Waals surface area contributed by atoms with Gasteiger partial charge in [0, 0.05) is 70.1 Å². The van der Waals surface area contributed by atoms with Gasteiger partial charge in [0.05, 0.1) is 6.10 Å². The molecule has 3 heterocycles. The van der Waals surface area contributed by atoms with Gasteiger partial charge in [0.25, 0.3) is 0 Å². The molecule has 0 N–H and O–H groups in total. The summed E-state index contributed by atoms with van der Waals surface area (Å²) in [6.07, 6.45) is 7.83. The van der Waals surface area contributed by atoms with Crippen LogP contribution in [0.5, 0.6) is 0 Å². The van der Waals surface area contributed by atoms with Crippen molar-refractivity contribution in [1.82, 2.24) is 19.8 Å². The zero-order valence-corrected chi connectivity index (χ0v) is 14.8. The fourth-order valence-corrected chi connectivity index (χ4v) is 3.82. The SMILES string of the molecule is CO[C@@H]1CCN(Cc2cnc(C)nc2)C[C@H]1CC(=O)N1CCCC1.